The fourth-order valence-electron chi connectivity index (χ4n) is 4.18. The number of aryl methyl sites for hydroxylation is 1. The van der Waals surface area contributed by atoms with Crippen LogP contribution in [0.1, 0.15) is 46.4 Å². The molecule has 2 aromatic rings. The van der Waals surface area contributed by atoms with E-state index in [0.29, 0.717) is 56.8 Å². The number of amides is 3. The van der Waals surface area contributed by atoms with Crippen LogP contribution >= 0.6 is 0 Å². The molecule has 182 valence electrons. The van der Waals surface area contributed by atoms with E-state index in [1.807, 2.05) is 12.1 Å². The maximum Gasteiger partial charge on any atom is 0.328 e. The summed E-state index contributed by atoms with van der Waals surface area (Å²) in [6.45, 7) is 2.00. The number of rotatable bonds is 8. The summed E-state index contributed by atoms with van der Waals surface area (Å²) in [6.07, 6.45) is 4.74. The zero-order chi connectivity index (χ0) is 24.8. The van der Waals surface area contributed by atoms with Crippen LogP contribution < -0.4 is 15.0 Å². The minimum Gasteiger partial charge on any atom is -0.490 e. The average molecular weight is 479 g/mol. The number of carbonyl (C=O) groups excluding carboxylic acids is 3. The van der Waals surface area contributed by atoms with E-state index in [0.717, 1.165) is 18.4 Å². The second-order valence-corrected chi connectivity index (χ2v) is 8.26. The number of likely N-dealkylation sites (tertiary alicyclic amines) is 1. The lowest BCUT2D eigenvalue weighted by molar-refractivity contribution is -0.128. The second-order valence-electron chi connectivity index (χ2n) is 8.26. The first-order valence-corrected chi connectivity index (χ1v) is 11.4. The van der Waals surface area contributed by atoms with Crippen molar-refractivity contribution >= 4 is 29.9 Å². The van der Waals surface area contributed by atoms with Gasteiger partial charge in [0.15, 0.2) is 6.29 Å². The maximum atomic E-state index is 13.1. The number of nitriles is 1. The molecule has 1 N–H and O–H groups in total. The molecule has 1 saturated heterocycles. The van der Waals surface area contributed by atoms with E-state index in [1.165, 1.54) is 17.2 Å². The molecule has 0 aliphatic carbocycles. The van der Waals surface area contributed by atoms with E-state index >= 15 is 0 Å². The average Bonchev–Trinajstić information content (AvgIpc) is 3.27. The SMILES string of the molecule is COCCOc1cc(NC(=O)N2CCCc3cc(CN4CCCC4=O)c(C=O)nc32)ncc1C#N. The van der Waals surface area contributed by atoms with Crippen LogP contribution in [0, 0.1) is 11.3 Å². The lowest BCUT2D eigenvalue weighted by atomic mass is 10.0. The minimum absolute atomic E-state index is 0.0704. The van der Waals surface area contributed by atoms with Gasteiger partial charge in [-0.25, -0.2) is 14.8 Å². The minimum atomic E-state index is -0.460. The molecular weight excluding hydrogens is 452 g/mol. The molecule has 4 heterocycles. The molecule has 2 aliphatic rings. The molecule has 3 amide bonds. The predicted molar refractivity (Wildman–Crippen MR) is 125 cm³/mol. The zero-order valence-corrected chi connectivity index (χ0v) is 19.5. The first kappa shape index (κ1) is 24.1. The Bertz CT molecular complexity index is 1180. The smallest absolute Gasteiger partial charge is 0.328 e. The Morgan fingerprint density at radius 1 is 1.26 bits per heavy atom. The summed E-state index contributed by atoms with van der Waals surface area (Å²) in [7, 11) is 1.54. The highest BCUT2D eigenvalue weighted by atomic mass is 16.5. The zero-order valence-electron chi connectivity index (χ0n) is 19.5. The first-order chi connectivity index (χ1) is 17.0. The quantitative estimate of drug-likeness (QED) is 0.451. The first-order valence-electron chi connectivity index (χ1n) is 11.4. The third-order valence-corrected chi connectivity index (χ3v) is 5.93. The van der Waals surface area contributed by atoms with E-state index in [1.54, 1.807) is 12.0 Å². The molecule has 0 unspecified atom stereocenters. The molecule has 2 aliphatic heterocycles. The van der Waals surface area contributed by atoms with Crippen molar-refractivity contribution in [1.29, 1.82) is 5.26 Å². The molecule has 0 aromatic carbocycles. The van der Waals surface area contributed by atoms with Crippen molar-refractivity contribution in [3.8, 4) is 11.8 Å². The van der Waals surface area contributed by atoms with Gasteiger partial charge >= 0.3 is 6.03 Å². The van der Waals surface area contributed by atoms with Crippen molar-refractivity contribution < 1.29 is 23.9 Å². The number of aldehydes is 1. The van der Waals surface area contributed by atoms with Crippen LogP contribution in [0.3, 0.4) is 0 Å². The fourth-order valence-corrected chi connectivity index (χ4v) is 4.18. The molecule has 11 nitrogen and oxygen atoms in total. The van der Waals surface area contributed by atoms with Gasteiger partial charge in [0.2, 0.25) is 5.91 Å². The topological polar surface area (TPSA) is 138 Å². The van der Waals surface area contributed by atoms with Gasteiger partial charge in [0, 0.05) is 44.8 Å². The van der Waals surface area contributed by atoms with Crippen LogP contribution in [0.15, 0.2) is 18.3 Å². The number of aromatic nitrogens is 2. The van der Waals surface area contributed by atoms with Crippen molar-refractivity contribution in [1.82, 2.24) is 14.9 Å². The number of fused-ring (bicyclic) bond motifs is 1. The molecule has 0 saturated carbocycles. The number of urea groups is 1. The molecule has 0 bridgehead atoms. The highest BCUT2D eigenvalue weighted by Gasteiger charge is 2.28. The van der Waals surface area contributed by atoms with Gasteiger partial charge in [0.05, 0.1) is 12.8 Å². The third-order valence-electron chi connectivity index (χ3n) is 5.93. The van der Waals surface area contributed by atoms with Gasteiger partial charge in [-0.1, -0.05) is 0 Å². The van der Waals surface area contributed by atoms with Crippen molar-refractivity contribution in [2.75, 3.05) is 43.6 Å². The Hall–Kier alpha value is -4.04. The number of methoxy groups -OCH3 is 1. The molecule has 0 spiro atoms. The highest BCUT2D eigenvalue weighted by Crippen LogP contribution is 2.29. The van der Waals surface area contributed by atoms with E-state index in [2.05, 4.69) is 15.3 Å². The van der Waals surface area contributed by atoms with Crippen molar-refractivity contribution in [3.05, 3.63) is 40.7 Å². The van der Waals surface area contributed by atoms with Gasteiger partial charge in [-0.15, -0.1) is 0 Å². The summed E-state index contributed by atoms with van der Waals surface area (Å²) < 4.78 is 10.5. The van der Waals surface area contributed by atoms with Gasteiger partial charge in [-0.05, 0) is 30.9 Å². The summed E-state index contributed by atoms with van der Waals surface area (Å²) >= 11 is 0. The molecule has 2 aromatic heterocycles. The molecule has 35 heavy (non-hydrogen) atoms. The van der Waals surface area contributed by atoms with Gasteiger partial charge in [-0.2, -0.15) is 5.26 Å². The number of hydrogen-bond donors (Lipinski definition) is 1. The monoisotopic (exact) mass is 478 g/mol. The largest absolute Gasteiger partial charge is 0.490 e. The summed E-state index contributed by atoms with van der Waals surface area (Å²) in [5.41, 5.74) is 1.98. The Morgan fingerprint density at radius 2 is 2.09 bits per heavy atom. The molecule has 4 rings (SSSR count). The maximum absolute atomic E-state index is 13.1. The van der Waals surface area contributed by atoms with Gasteiger partial charge in [0.25, 0.3) is 0 Å². The van der Waals surface area contributed by atoms with Gasteiger partial charge in [0.1, 0.15) is 41.3 Å². The number of nitrogens with zero attached hydrogens (tertiary/aromatic N) is 5. The molecule has 1 fully saturated rings. The van der Waals surface area contributed by atoms with Crippen LogP contribution in [0.5, 0.6) is 5.75 Å². The number of pyridine rings is 2. The molecule has 0 atom stereocenters. The lowest BCUT2D eigenvalue weighted by Gasteiger charge is -2.29. The lowest BCUT2D eigenvalue weighted by Crippen LogP contribution is -2.40. The third kappa shape index (κ3) is 5.38. The van der Waals surface area contributed by atoms with E-state index < -0.39 is 6.03 Å². The van der Waals surface area contributed by atoms with Crippen LogP contribution in [-0.2, 0) is 22.5 Å². The Kier molecular flexibility index (Phi) is 7.52. The van der Waals surface area contributed by atoms with Gasteiger partial charge in [-0.3, -0.25) is 19.8 Å². The van der Waals surface area contributed by atoms with Gasteiger partial charge < -0.3 is 14.4 Å². The summed E-state index contributed by atoms with van der Waals surface area (Å²) in [5.74, 6) is 0.989. The van der Waals surface area contributed by atoms with Crippen molar-refractivity contribution in [2.45, 2.75) is 32.2 Å². The predicted octanol–water partition coefficient (Wildman–Crippen LogP) is 2.29. The summed E-state index contributed by atoms with van der Waals surface area (Å²) in [4.78, 5) is 48.8. The molecular formula is C24H26N6O5. The fraction of sp³-hybridized carbons (Fsp3) is 0.417. The standard InChI is InChI=1S/C24H26N6O5/c1-34-8-9-35-20-11-21(26-13-18(20)12-25)28-24(33)30-7-2-4-16-10-17(19(15-31)27-23(16)30)14-29-6-3-5-22(29)32/h10-11,13,15H,2-9,14H2,1H3,(H,26,28,33). The number of hydrogen-bond acceptors (Lipinski definition) is 8. The van der Waals surface area contributed by atoms with Crippen LogP contribution in [0.25, 0.3) is 0 Å². The Balaban J connectivity index is 1.54. The summed E-state index contributed by atoms with van der Waals surface area (Å²) in [6, 6.07) is 4.90. The Labute approximate surface area is 202 Å². The van der Waals surface area contributed by atoms with Crippen LogP contribution in [0.2, 0.25) is 0 Å². The molecule has 11 heteroatoms. The van der Waals surface area contributed by atoms with Crippen molar-refractivity contribution in [3.63, 3.8) is 0 Å². The normalized spacial score (nSPS) is 14.9. The number of ether oxygens (including phenoxy) is 2. The summed E-state index contributed by atoms with van der Waals surface area (Å²) in [5, 5.41) is 12.0. The number of nitrogens with one attached hydrogen (secondary N) is 1. The van der Waals surface area contributed by atoms with E-state index in [4.69, 9.17) is 9.47 Å². The Morgan fingerprint density at radius 3 is 2.80 bits per heavy atom. The molecule has 0 radical (unpaired) electrons. The highest BCUT2D eigenvalue weighted by molar-refractivity contribution is 6.01. The van der Waals surface area contributed by atoms with Crippen LogP contribution in [-0.4, -0.2) is 66.5 Å². The van der Waals surface area contributed by atoms with E-state index in [-0.39, 0.29) is 35.3 Å². The number of carbonyl (C=O) groups is 3. The van der Waals surface area contributed by atoms with E-state index in [9.17, 15) is 19.6 Å². The second kappa shape index (κ2) is 10.9. The van der Waals surface area contributed by atoms with Crippen molar-refractivity contribution in [2.24, 2.45) is 0 Å². The number of anilines is 2. The van der Waals surface area contributed by atoms with Crippen LogP contribution in [0.4, 0.5) is 16.4 Å².